The van der Waals surface area contributed by atoms with Crippen molar-refractivity contribution in [2.24, 2.45) is 0 Å². The number of hydrogen-bond donors (Lipinski definition) is 3. The quantitative estimate of drug-likeness (QED) is 0.700. The molecule has 2 aromatic rings. The Bertz CT molecular complexity index is 809. The van der Waals surface area contributed by atoms with Crippen LogP contribution in [0.1, 0.15) is 30.5 Å². The number of pyridine rings is 1. The van der Waals surface area contributed by atoms with Gasteiger partial charge in [0.05, 0.1) is 5.56 Å². The van der Waals surface area contributed by atoms with Crippen LogP contribution in [0.5, 0.6) is 11.8 Å². The van der Waals surface area contributed by atoms with E-state index in [1.807, 2.05) is 13.8 Å². The molecule has 0 radical (unpaired) electrons. The van der Waals surface area contributed by atoms with Gasteiger partial charge in [-0.15, -0.1) is 0 Å². The van der Waals surface area contributed by atoms with Gasteiger partial charge in [0.25, 0.3) is 0 Å². The molecule has 0 saturated heterocycles. The molecule has 24 heavy (non-hydrogen) atoms. The van der Waals surface area contributed by atoms with Crippen LogP contribution >= 0.6 is 11.6 Å². The molecular formula is C15H15ClF3N3O2. The number of nitrogens with zero attached hydrogens (tertiary/aromatic N) is 2. The third-order valence-electron chi connectivity index (χ3n) is 3.22. The number of nitrogens with one attached hydrogen (secondary N) is 1. The van der Waals surface area contributed by atoms with Gasteiger partial charge in [-0.2, -0.15) is 17.8 Å². The van der Waals surface area contributed by atoms with E-state index in [2.05, 4.69) is 10.4 Å². The minimum Gasteiger partial charge on any atom is -0.493 e. The summed E-state index contributed by atoms with van der Waals surface area (Å²) in [6, 6.07) is 1.81. The average Bonchev–Trinajstić information content (AvgIpc) is 2.63. The Kier molecular flexibility index (Phi) is 4.70. The minimum atomic E-state index is -4.62. The van der Waals surface area contributed by atoms with Crippen LogP contribution in [0.25, 0.3) is 6.08 Å². The molecule has 0 amide bonds. The number of aromatic nitrogens is 2. The second-order valence-electron chi connectivity index (χ2n) is 5.39. The third kappa shape index (κ3) is 3.43. The highest BCUT2D eigenvalue weighted by molar-refractivity contribution is 6.30. The molecule has 0 aliphatic rings. The topological polar surface area (TPSA) is 70.3 Å². The number of alkyl halides is 3. The van der Waals surface area contributed by atoms with Gasteiger partial charge in [0.1, 0.15) is 11.0 Å². The van der Waals surface area contributed by atoms with E-state index in [9.17, 15) is 23.4 Å². The first kappa shape index (κ1) is 18.0. The van der Waals surface area contributed by atoms with Crippen molar-refractivity contribution in [2.75, 3.05) is 5.43 Å². The molecular weight excluding hydrogens is 347 g/mol. The fourth-order valence-corrected chi connectivity index (χ4v) is 2.33. The van der Waals surface area contributed by atoms with Gasteiger partial charge in [0, 0.05) is 11.1 Å². The lowest BCUT2D eigenvalue weighted by Gasteiger charge is -2.12. The van der Waals surface area contributed by atoms with E-state index in [1.54, 1.807) is 13.0 Å². The van der Waals surface area contributed by atoms with Crippen LogP contribution < -0.4 is 5.43 Å². The van der Waals surface area contributed by atoms with Crippen LogP contribution in [0.15, 0.2) is 17.7 Å². The lowest BCUT2D eigenvalue weighted by molar-refractivity contribution is -0.137. The molecule has 0 fully saturated rings. The van der Waals surface area contributed by atoms with Gasteiger partial charge in [-0.1, -0.05) is 23.3 Å². The van der Waals surface area contributed by atoms with Gasteiger partial charge in [-0.3, -0.25) is 5.43 Å². The monoisotopic (exact) mass is 361 g/mol. The largest absolute Gasteiger partial charge is 0.493 e. The second-order valence-corrected chi connectivity index (χ2v) is 5.75. The van der Waals surface area contributed by atoms with Gasteiger partial charge in [-0.05, 0) is 32.9 Å². The summed E-state index contributed by atoms with van der Waals surface area (Å²) < 4.78 is 38.9. The van der Waals surface area contributed by atoms with Crippen molar-refractivity contribution in [3.05, 3.63) is 39.5 Å². The van der Waals surface area contributed by atoms with E-state index in [-0.39, 0.29) is 17.6 Å². The maximum absolute atomic E-state index is 12.7. The van der Waals surface area contributed by atoms with Crippen LogP contribution in [-0.4, -0.2) is 19.9 Å². The van der Waals surface area contributed by atoms with Crippen molar-refractivity contribution >= 4 is 23.5 Å². The predicted octanol–water partition coefficient (Wildman–Crippen LogP) is 4.57. The fraction of sp³-hybridized carbons (Fsp3) is 0.267. The van der Waals surface area contributed by atoms with E-state index in [1.165, 1.54) is 0 Å². The SMILES string of the molecule is CC(C)=Cc1c(C)c(O)n(Nc2ccc(C(F)(F)F)c(Cl)n2)c1O. The predicted molar refractivity (Wildman–Crippen MR) is 85.1 cm³/mol. The Balaban J connectivity index is 2.43. The molecule has 0 saturated carbocycles. The molecule has 0 atom stereocenters. The summed E-state index contributed by atoms with van der Waals surface area (Å²) in [5.74, 6) is -0.667. The number of anilines is 1. The van der Waals surface area contributed by atoms with E-state index in [0.717, 1.165) is 22.4 Å². The van der Waals surface area contributed by atoms with E-state index in [4.69, 9.17) is 11.6 Å². The summed E-state index contributed by atoms with van der Waals surface area (Å²) >= 11 is 5.55. The third-order valence-corrected chi connectivity index (χ3v) is 3.51. The average molecular weight is 362 g/mol. The maximum atomic E-state index is 12.7. The molecule has 0 spiro atoms. The Morgan fingerprint density at radius 2 is 1.88 bits per heavy atom. The Hall–Kier alpha value is -2.35. The molecule has 0 aliphatic heterocycles. The van der Waals surface area contributed by atoms with Crippen LogP contribution in [0.4, 0.5) is 19.0 Å². The summed E-state index contributed by atoms with van der Waals surface area (Å²) in [7, 11) is 0. The standard InChI is InChI=1S/C15H15ClF3N3O2/c1-7(2)6-9-8(3)13(23)22(14(9)24)21-11-5-4-10(12(16)20-11)15(17,18)19/h4-6,23-24H,1-3H3,(H,20,21). The fourth-order valence-electron chi connectivity index (χ4n) is 2.07. The smallest absolute Gasteiger partial charge is 0.419 e. The minimum absolute atomic E-state index is 0.0719. The molecule has 3 N–H and O–H groups in total. The zero-order valence-electron chi connectivity index (χ0n) is 13.0. The summed E-state index contributed by atoms with van der Waals surface area (Å²) in [5.41, 5.74) is 3.13. The molecule has 0 aromatic carbocycles. The molecule has 0 bridgehead atoms. The molecule has 5 nitrogen and oxygen atoms in total. The van der Waals surface area contributed by atoms with Crippen LogP contribution in [0.2, 0.25) is 5.15 Å². The molecule has 2 aromatic heterocycles. The van der Waals surface area contributed by atoms with Crippen LogP contribution in [0, 0.1) is 6.92 Å². The van der Waals surface area contributed by atoms with Gasteiger partial charge in [0.2, 0.25) is 11.8 Å². The van der Waals surface area contributed by atoms with E-state index in [0.29, 0.717) is 11.1 Å². The molecule has 2 heterocycles. The summed E-state index contributed by atoms with van der Waals surface area (Å²) in [6.07, 6.45) is -2.96. The number of rotatable bonds is 3. The number of halogens is 4. The first-order valence-electron chi connectivity index (χ1n) is 6.81. The van der Waals surface area contributed by atoms with Gasteiger partial charge >= 0.3 is 6.18 Å². The number of allylic oxidation sites excluding steroid dienone is 1. The Morgan fingerprint density at radius 3 is 2.38 bits per heavy atom. The number of hydrogen-bond acceptors (Lipinski definition) is 4. The van der Waals surface area contributed by atoms with Gasteiger partial charge in [0.15, 0.2) is 0 Å². The zero-order chi connectivity index (χ0) is 18.2. The lowest BCUT2D eigenvalue weighted by Crippen LogP contribution is -2.12. The van der Waals surface area contributed by atoms with Crippen molar-refractivity contribution in [2.45, 2.75) is 26.9 Å². The van der Waals surface area contributed by atoms with E-state index >= 15 is 0 Å². The highest BCUT2D eigenvalue weighted by Crippen LogP contribution is 2.36. The Morgan fingerprint density at radius 1 is 1.25 bits per heavy atom. The molecule has 130 valence electrons. The summed E-state index contributed by atoms with van der Waals surface area (Å²) in [4.78, 5) is 3.59. The van der Waals surface area contributed by atoms with Crippen LogP contribution in [-0.2, 0) is 6.18 Å². The zero-order valence-corrected chi connectivity index (χ0v) is 13.8. The highest BCUT2D eigenvalue weighted by Gasteiger charge is 2.34. The van der Waals surface area contributed by atoms with Crippen molar-refractivity contribution in [3.8, 4) is 11.8 Å². The second kappa shape index (κ2) is 6.27. The maximum Gasteiger partial charge on any atom is 0.419 e. The summed E-state index contributed by atoms with van der Waals surface area (Å²) in [6.45, 7) is 5.23. The van der Waals surface area contributed by atoms with Crippen molar-refractivity contribution in [3.63, 3.8) is 0 Å². The van der Waals surface area contributed by atoms with Gasteiger partial charge < -0.3 is 10.2 Å². The molecule has 0 aliphatic carbocycles. The molecule has 0 unspecified atom stereocenters. The van der Waals surface area contributed by atoms with E-state index < -0.39 is 16.9 Å². The normalized spacial score (nSPS) is 11.5. The number of aromatic hydroxyl groups is 2. The molecule has 2 rings (SSSR count). The lowest BCUT2D eigenvalue weighted by atomic mass is 10.1. The Labute approximate surface area is 141 Å². The highest BCUT2D eigenvalue weighted by atomic mass is 35.5. The molecule has 9 heteroatoms. The first-order valence-corrected chi connectivity index (χ1v) is 7.19. The van der Waals surface area contributed by atoms with Crippen molar-refractivity contribution in [1.82, 2.24) is 9.66 Å². The summed E-state index contributed by atoms with van der Waals surface area (Å²) in [5, 5.41) is 19.6. The van der Waals surface area contributed by atoms with Gasteiger partial charge in [-0.25, -0.2) is 4.98 Å². The van der Waals surface area contributed by atoms with Crippen molar-refractivity contribution < 1.29 is 23.4 Å². The van der Waals surface area contributed by atoms with Crippen LogP contribution in [0.3, 0.4) is 0 Å². The first-order chi connectivity index (χ1) is 11.0. The van der Waals surface area contributed by atoms with Crippen molar-refractivity contribution in [1.29, 1.82) is 0 Å².